The van der Waals surface area contributed by atoms with Crippen LogP contribution < -0.4 is 21.5 Å². The number of carbonyl (C=O) groups excluding carboxylic acids is 1. The van der Waals surface area contributed by atoms with Gasteiger partial charge < -0.3 is 15.0 Å². The zero-order valence-electron chi connectivity index (χ0n) is 22.1. The number of nitrogens with one attached hydrogen (secondary N) is 1. The highest BCUT2D eigenvalue weighted by molar-refractivity contribution is 6.31. The Kier molecular flexibility index (Phi) is 7.29. The number of hydrogen-bond donors (Lipinski definition) is 1. The molecule has 2 aliphatic heterocycles. The van der Waals surface area contributed by atoms with Crippen molar-refractivity contribution in [2.24, 2.45) is 13.0 Å². The number of esters is 1. The van der Waals surface area contributed by atoms with E-state index in [0.29, 0.717) is 34.2 Å². The first-order chi connectivity index (χ1) is 18.9. The fraction of sp³-hybridized carbons (Fsp3) is 0.462. The molecule has 0 amide bonds. The molecule has 0 spiro atoms. The fourth-order valence-corrected chi connectivity index (χ4v) is 5.41. The molecule has 5 rings (SSSR count). The summed E-state index contributed by atoms with van der Waals surface area (Å²) in [5.74, 6) is -2.39. The monoisotopic (exact) mass is 580 g/mol. The molecule has 10 nitrogen and oxygen atoms in total. The van der Waals surface area contributed by atoms with E-state index in [-0.39, 0.29) is 30.0 Å². The second kappa shape index (κ2) is 10.4. The normalized spacial score (nSPS) is 16.4. The van der Waals surface area contributed by atoms with E-state index in [4.69, 9.17) is 21.3 Å². The minimum absolute atomic E-state index is 0.0196. The molecule has 0 fully saturated rings. The molecule has 2 aromatic heterocycles. The number of hydrogen-bond acceptors (Lipinski definition) is 7. The predicted molar refractivity (Wildman–Crippen MR) is 142 cm³/mol. The molecule has 0 aliphatic carbocycles. The van der Waals surface area contributed by atoms with Crippen molar-refractivity contribution in [1.82, 2.24) is 24.0 Å². The number of anilines is 1. The number of ether oxygens (including phenoxy) is 1. The first-order valence-electron chi connectivity index (χ1n) is 12.8. The molecular formula is C26H28ClF3N6O4. The molecule has 1 atom stereocenters. The molecule has 2 aliphatic rings. The first-order valence-corrected chi connectivity index (χ1v) is 13.2. The lowest BCUT2D eigenvalue weighted by Gasteiger charge is -2.23. The Bertz CT molecular complexity index is 1640. The van der Waals surface area contributed by atoms with Gasteiger partial charge in [0.05, 0.1) is 6.54 Å². The number of fused-ring (bicyclic) bond motifs is 1. The number of imidazole rings is 1. The van der Waals surface area contributed by atoms with Crippen molar-refractivity contribution in [3.63, 3.8) is 0 Å². The number of aromatic nitrogens is 4. The Morgan fingerprint density at radius 2 is 1.93 bits per heavy atom. The van der Waals surface area contributed by atoms with Gasteiger partial charge in [0.2, 0.25) is 5.95 Å². The Labute approximate surface area is 231 Å². The lowest BCUT2D eigenvalue weighted by molar-refractivity contribution is -0.210. The Hall–Kier alpha value is -3.58. The second-order valence-electron chi connectivity index (χ2n) is 10.3. The number of benzene rings is 1. The molecular weight excluding hydrogens is 553 g/mol. The summed E-state index contributed by atoms with van der Waals surface area (Å²) in [6, 6.07) is 7.05. The van der Waals surface area contributed by atoms with Crippen LogP contribution in [0.1, 0.15) is 38.5 Å². The van der Waals surface area contributed by atoms with E-state index in [1.54, 1.807) is 42.7 Å². The Morgan fingerprint density at radius 1 is 1.20 bits per heavy atom. The Morgan fingerprint density at radius 3 is 2.60 bits per heavy atom. The summed E-state index contributed by atoms with van der Waals surface area (Å²) in [5.41, 5.74) is 1.09. The van der Waals surface area contributed by atoms with Gasteiger partial charge in [0.25, 0.3) is 5.56 Å². The molecule has 0 saturated heterocycles. The van der Waals surface area contributed by atoms with Crippen molar-refractivity contribution in [3.8, 4) is 0 Å². The molecule has 1 unspecified atom stereocenters. The van der Waals surface area contributed by atoms with Gasteiger partial charge in [-0.2, -0.15) is 18.2 Å². The van der Waals surface area contributed by atoms with Gasteiger partial charge in [0, 0.05) is 43.8 Å². The smallest absolute Gasteiger partial charge is 0.434 e. The van der Waals surface area contributed by atoms with E-state index in [9.17, 15) is 27.6 Å². The number of halogens is 4. The zero-order valence-corrected chi connectivity index (χ0v) is 22.8. The van der Waals surface area contributed by atoms with Crippen LogP contribution in [0, 0.1) is 5.92 Å². The maximum atomic E-state index is 14.0. The van der Waals surface area contributed by atoms with Gasteiger partial charge in [-0.15, -0.1) is 0 Å². The average Bonchev–Trinajstić information content (AvgIpc) is 3.58. The topological polar surface area (TPSA) is 103 Å². The Balaban J connectivity index is 1.76. The minimum Gasteiger partial charge on any atom is -0.434 e. The van der Waals surface area contributed by atoms with E-state index in [2.05, 4.69) is 5.32 Å². The lowest BCUT2D eigenvalue weighted by Crippen LogP contribution is -2.44. The third kappa shape index (κ3) is 4.92. The van der Waals surface area contributed by atoms with Crippen LogP contribution in [0.15, 0.2) is 45.1 Å². The van der Waals surface area contributed by atoms with E-state index < -0.39 is 29.6 Å². The summed E-state index contributed by atoms with van der Waals surface area (Å²) in [6.45, 7) is 5.41. The molecule has 0 radical (unpaired) electrons. The van der Waals surface area contributed by atoms with Gasteiger partial charge in [-0.25, -0.2) is 14.2 Å². The van der Waals surface area contributed by atoms with Crippen molar-refractivity contribution >= 4 is 34.7 Å². The highest BCUT2D eigenvalue weighted by atomic mass is 35.5. The standard InChI is InChI=1S/C26H28ClF3N6O4/c1-14(2)10-19(40-23(38)26(28,29)30)36-22(37)20-21(33(3)25(36)39)32-24(34-9-8-15-11-31-12-18(15)34)35(20)13-16-6-4-5-7-17(16)27/h4-7,14,19,31H,8-13H2,1-3H3. The zero-order chi connectivity index (χ0) is 28.9. The van der Waals surface area contributed by atoms with Gasteiger partial charge in [-0.05, 0) is 29.5 Å². The summed E-state index contributed by atoms with van der Waals surface area (Å²) in [5, 5.41) is 3.75. The van der Waals surface area contributed by atoms with Crippen molar-refractivity contribution < 1.29 is 22.7 Å². The highest BCUT2D eigenvalue weighted by Crippen LogP contribution is 2.33. The molecule has 1 aromatic carbocycles. The summed E-state index contributed by atoms with van der Waals surface area (Å²) in [7, 11) is 1.38. The maximum absolute atomic E-state index is 14.0. The molecule has 0 bridgehead atoms. The van der Waals surface area contributed by atoms with Crippen LogP contribution in [-0.2, 0) is 23.1 Å². The third-order valence-electron chi connectivity index (χ3n) is 7.13. The summed E-state index contributed by atoms with van der Waals surface area (Å²) in [4.78, 5) is 46.0. The molecule has 40 heavy (non-hydrogen) atoms. The molecule has 1 N–H and O–H groups in total. The quantitative estimate of drug-likeness (QED) is 0.428. The van der Waals surface area contributed by atoms with Gasteiger partial charge in [0.1, 0.15) is 0 Å². The molecule has 4 heterocycles. The number of rotatable bonds is 7. The van der Waals surface area contributed by atoms with Gasteiger partial charge in [-0.3, -0.25) is 13.9 Å². The predicted octanol–water partition coefficient (Wildman–Crippen LogP) is 3.32. The summed E-state index contributed by atoms with van der Waals surface area (Å²) < 4.78 is 47.4. The SMILES string of the molecule is CC(C)CC(OC(=O)C(F)(F)F)n1c(=O)c2c(nc(N3CCC4=C3CNC4)n2Cc2ccccc2Cl)n(C)c1=O. The molecule has 14 heteroatoms. The largest absolute Gasteiger partial charge is 0.491 e. The third-order valence-corrected chi connectivity index (χ3v) is 7.50. The van der Waals surface area contributed by atoms with Gasteiger partial charge >= 0.3 is 17.8 Å². The fourth-order valence-electron chi connectivity index (χ4n) is 5.21. The van der Waals surface area contributed by atoms with Crippen LogP contribution >= 0.6 is 11.6 Å². The van der Waals surface area contributed by atoms with Crippen LogP contribution in [0.4, 0.5) is 19.1 Å². The lowest BCUT2D eigenvalue weighted by atomic mass is 10.1. The number of nitrogens with zero attached hydrogens (tertiary/aromatic N) is 5. The number of alkyl halides is 3. The minimum atomic E-state index is -5.30. The van der Waals surface area contributed by atoms with E-state index >= 15 is 0 Å². The number of aryl methyl sites for hydroxylation is 1. The highest BCUT2D eigenvalue weighted by Gasteiger charge is 2.43. The van der Waals surface area contributed by atoms with Crippen LogP contribution in [0.25, 0.3) is 11.2 Å². The van der Waals surface area contributed by atoms with Crippen molar-refractivity contribution in [3.05, 3.63) is 67.0 Å². The van der Waals surface area contributed by atoms with Gasteiger partial charge in [-0.1, -0.05) is 43.6 Å². The number of carbonyl (C=O) groups is 1. The molecule has 3 aromatic rings. The van der Waals surface area contributed by atoms with E-state index in [1.807, 2.05) is 4.90 Å². The van der Waals surface area contributed by atoms with Crippen LogP contribution in [0.3, 0.4) is 0 Å². The van der Waals surface area contributed by atoms with Crippen molar-refractivity contribution in [2.75, 3.05) is 24.5 Å². The van der Waals surface area contributed by atoms with Crippen molar-refractivity contribution in [1.29, 1.82) is 0 Å². The van der Waals surface area contributed by atoms with Crippen LogP contribution in [0.2, 0.25) is 5.02 Å². The van der Waals surface area contributed by atoms with Crippen LogP contribution in [0.5, 0.6) is 0 Å². The molecule has 214 valence electrons. The van der Waals surface area contributed by atoms with E-state index in [1.165, 1.54) is 12.6 Å². The summed E-state index contributed by atoms with van der Waals surface area (Å²) >= 11 is 6.46. The second-order valence-corrected chi connectivity index (χ2v) is 10.7. The molecule has 0 saturated carbocycles. The summed E-state index contributed by atoms with van der Waals surface area (Å²) in [6.07, 6.45) is -6.48. The van der Waals surface area contributed by atoms with Crippen molar-refractivity contribution in [2.45, 2.75) is 45.6 Å². The average molecular weight is 581 g/mol. The van der Waals surface area contributed by atoms with Gasteiger partial charge in [0.15, 0.2) is 17.4 Å². The van der Waals surface area contributed by atoms with E-state index in [0.717, 1.165) is 23.2 Å². The van der Waals surface area contributed by atoms with Crippen LogP contribution in [-0.4, -0.2) is 50.5 Å². The maximum Gasteiger partial charge on any atom is 0.491 e. The first kappa shape index (κ1) is 28.0.